The van der Waals surface area contributed by atoms with E-state index >= 15 is 0 Å². The molecule has 1 atom stereocenters. The molecule has 1 aliphatic heterocycles. The number of piperidine rings is 1. The Labute approximate surface area is 118 Å². The summed E-state index contributed by atoms with van der Waals surface area (Å²) in [6, 6.07) is 5.73. The first-order valence-electron chi connectivity index (χ1n) is 7.03. The van der Waals surface area contributed by atoms with Crippen LogP contribution in [-0.4, -0.2) is 30.1 Å². The first-order valence-corrected chi connectivity index (χ1v) is 8.22. The second-order valence-corrected chi connectivity index (χ2v) is 7.31. The Balaban J connectivity index is 1.57. The zero-order valence-corrected chi connectivity index (χ0v) is 12.3. The SMILES string of the molecule is Clc1ccc(CN(CC2CCCCN2)C2CC2)s1. The fraction of sp³-hybridized carbons (Fsp3) is 0.714. The van der Waals surface area contributed by atoms with Crippen LogP contribution < -0.4 is 5.32 Å². The zero-order chi connectivity index (χ0) is 12.4. The molecule has 0 spiro atoms. The van der Waals surface area contributed by atoms with Crippen LogP contribution in [0.1, 0.15) is 37.0 Å². The summed E-state index contributed by atoms with van der Waals surface area (Å²) in [6.45, 7) is 3.49. The van der Waals surface area contributed by atoms with Gasteiger partial charge in [-0.3, -0.25) is 4.90 Å². The van der Waals surface area contributed by atoms with Gasteiger partial charge in [-0.05, 0) is 44.4 Å². The molecule has 0 radical (unpaired) electrons. The largest absolute Gasteiger partial charge is 0.313 e. The van der Waals surface area contributed by atoms with Gasteiger partial charge in [0, 0.05) is 30.1 Å². The quantitative estimate of drug-likeness (QED) is 0.890. The molecular weight excluding hydrogens is 264 g/mol. The van der Waals surface area contributed by atoms with Crippen molar-refractivity contribution in [1.82, 2.24) is 10.2 Å². The number of nitrogens with one attached hydrogen (secondary N) is 1. The number of hydrogen-bond acceptors (Lipinski definition) is 3. The van der Waals surface area contributed by atoms with Gasteiger partial charge in [-0.2, -0.15) is 0 Å². The van der Waals surface area contributed by atoms with Gasteiger partial charge in [0.05, 0.1) is 4.34 Å². The van der Waals surface area contributed by atoms with Gasteiger partial charge in [0.1, 0.15) is 0 Å². The molecule has 4 heteroatoms. The number of rotatable bonds is 5. The van der Waals surface area contributed by atoms with Crippen LogP contribution in [0.25, 0.3) is 0 Å². The summed E-state index contributed by atoms with van der Waals surface area (Å²) >= 11 is 7.75. The molecule has 2 nitrogen and oxygen atoms in total. The summed E-state index contributed by atoms with van der Waals surface area (Å²) in [4.78, 5) is 4.06. The molecule has 100 valence electrons. The maximum atomic E-state index is 6.02. The van der Waals surface area contributed by atoms with Crippen molar-refractivity contribution in [2.24, 2.45) is 0 Å². The normalized spacial score (nSPS) is 24.7. The van der Waals surface area contributed by atoms with Crippen LogP contribution in [0, 0.1) is 0 Å². The molecule has 1 aromatic heterocycles. The molecule has 1 unspecified atom stereocenters. The number of halogens is 1. The van der Waals surface area contributed by atoms with E-state index < -0.39 is 0 Å². The molecule has 2 fully saturated rings. The molecule has 1 saturated carbocycles. The minimum absolute atomic E-state index is 0.704. The predicted octanol–water partition coefficient (Wildman–Crippen LogP) is 3.51. The van der Waals surface area contributed by atoms with Gasteiger partial charge in [0.2, 0.25) is 0 Å². The smallest absolute Gasteiger partial charge is 0.0931 e. The Morgan fingerprint density at radius 1 is 1.28 bits per heavy atom. The third kappa shape index (κ3) is 3.47. The van der Waals surface area contributed by atoms with Crippen LogP contribution in [0.2, 0.25) is 4.34 Å². The predicted molar refractivity (Wildman–Crippen MR) is 78.4 cm³/mol. The molecule has 1 N–H and O–H groups in total. The van der Waals surface area contributed by atoms with Crippen molar-refractivity contribution in [3.8, 4) is 0 Å². The van der Waals surface area contributed by atoms with Crippen molar-refractivity contribution < 1.29 is 0 Å². The van der Waals surface area contributed by atoms with E-state index in [4.69, 9.17) is 11.6 Å². The van der Waals surface area contributed by atoms with Crippen LogP contribution in [0.4, 0.5) is 0 Å². The summed E-state index contributed by atoms with van der Waals surface area (Å²) in [5.41, 5.74) is 0. The average molecular weight is 285 g/mol. The van der Waals surface area contributed by atoms with Crippen molar-refractivity contribution in [3.05, 3.63) is 21.3 Å². The Morgan fingerprint density at radius 2 is 2.17 bits per heavy atom. The second-order valence-electron chi connectivity index (χ2n) is 5.51. The van der Waals surface area contributed by atoms with Crippen LogP contribution in [0.15, 0.2) is 12.1 Å². The standard InChI is InChI=1S/C14H21ClN2S/c15-14-7-6-13(18-14)10-17(12-4-5-12)9-11-3-1-2-8-16-11/h6-7,11-12,16H,1-5,8-10H2. The summed E-state index contributed by atoms with van der Waals surface area (Å²) in [5, 5.41) is 3.66. The molecule has 0 amide bonds. The first-order chi connectivity index (χ1) is 8.81. The molecule has 0 aromatic carbocycles. The van der Waals surface area contributed by atoms with Gasteiger partial charge >= 0.3 is 0 Å². The van der Waals surface area contributed by atoms with Gasteiger partial charge in [-0.1, -0.05) is 18.0 Å². The number of hydrogen-bond donors (Lipinski definition) is 1. The lowest BCUT2D eigenvalue weighted by Gasteiger charge is -2.30. The van der Waals surface area contributed by atoms with Crippen molar-refractivity contribution in [1.29, 1.82) is 0 Å². The molecule has 18 heavy (non-hydrogen) atoms. The second kappa shape index (κ2) is 5.91. The molecule has 0 bridgehead atoms. The van der Waals surface area contributed by atoms with Crippen LogP contribution in [0.5, 0.6) is 0 Å². The zero-order valence-electron chi connectivity index (χ0n) is 10.7. The van der Waals surface area contributed by atoms with E-state index in [1.54, 1.807) is 11.3 Å². The van der Waals surface area contributed by atoms with Gasteiger partial charge in [0.25, 0.3) is 0 Å². The fourth-order valence-electron chi connectivity index (χ4n) is 2.78. The van der Waals surface area contributed by atoms with Gasteiger partial charge < -0.3 is 5.32 Å². The molecule has 2 aliphatic rings. The average Bonchev–Trinajstić information content (AvgIpc) is 3.15. The van der Waals surface area contributed by atoms with E-state index in [0.29, 0.717) is 6.04 Å². The lowest BCUT2D eigenvalue weighted by molar-refractivity contribution is 0.210. The summed E-state index contributed by atoms with van der Waals surface area (Å²) in [5.74, 6) is 0. The Hall–Kier alpha value is -0.0900. The van der Waals surface area contributed by atoms with E-state index in [0.717, 1.165) is 16.9 Å². The molecule has 1 saturated heterocycles. The highest BCUT2D eigenvalue weighted by atomic mass is 35.5. The van der Waals surface area contributed by atoms with Crippen LogP contribution >= 0.6 is 22.9 Å². The van der Waals surface area contributed by atoms with Crippen molar-refractivity contribution in [2.45, 2.75) is 50.7 Å². The highest BCUT2D eigenvalue weighted by Crippen LogP contribution is 2.31. The Morgan fingerprint density at radius 3 is 2.78 bits per heavy atom. The first kappa shape index (κ1) is 12.9. The number of thiophene rings is 1. The molecular formula is C14H21ClN2S. The maximum absolute atomic E-state index is 6.02. The van der Waals surface area contributed by atoms with Gasteiger partial charge in [-0.15, -0.1) is 11.3 Å². The van der Waals surface area contributed by atoms with Crippen molar-refractivity contribution in [3.63, 3.8) is 0 Å². The monoisotopic (exact) mass is 284 g/mol. The van der Waals surface area contributed by atoms with Crippen molar-refractivity contribution >= 4 is 22.9 Å². The lowest BCUT2D eigenvalue weighted by atomic mass is 10.0. The summed E-state index contributed by atoms with van der Waals surface area (Å²) < 4.78 is 0.913. The molecule has 3 rings (SSSR count). The molecule has 1 aromatic rings. The highest BCUT2D eigenvalue weighted by molar-refractivity contribution is 7.16. The van der Waals surface area contributed by atoms with E-state index in [9.17, 15) is 0 Å². The van der Waals surface area contributed by atoms with Crippen LogP contribution in [0.3, 0.4) is 0 Å². The maximum Gasteiger partial charge on any atom is 0.0931 e. The van der Waals surface area contributed by atoms with E-state index in [-0.39, 0.29) is 0 Å². The third-order valence-electron chi connectivity index (χ3n) is 3.92. The minimum Gasteiger partial charge on any atom is -0.313 e. The molecule has 1 aliphatic carbocycles. The Kier molecular flexibility index (Phi) is 4.24. The van der Waals surface area contributed by atoms with E-state index in [1.807, 2.05) is 6.07 Å². The van der Waals surface area contributed by atoms with Gasteiger partial charge in [-0.25, -0.2) is 0 Å². The fourth-order valence-corrected chi connectivity index (χ4v) is 3.90. The molecule has 2 heterocycles. The van der Waals surface area contributed by atoms with Crippen LogP contribution in [-0.2, 0) is 6.54 Å². The summed E-state index contributed by atoms with van der Waals surface area (Å²) in [7, 11) is 0. The minimum atomic E-state index is 0.704. The third-order valence-corrected chi connectivity index (χ3v) is 5.13. The Bertz CT molecular complexity index is 383. The van der Waals surface area contributed by atoms with Gasteiger partial charge in [0.15, 0.2) is 0 Å². The van der Waals surface area contributed by atoms with Crippen molar-refractivity contribution in [2.75, 3.05) is 13.1 Å². The van der Waals surface area contributed by atoms with E-state index in [2.05, 4.69) is 16.3 Å². The lowest BCUT2D eigenvalue weighted by Crippen LogP contribution is -2.44. The summed E-state index contributed by atoms with van der Waals surface area (Å²) in [6.07, 6.45) is 6.84. The topological polar surface area (TPSA) is 15.3 Å². The van der Waals surface area contributed by atoms with E-state index in [1.165, 1.54) is 50.1 Å². The number of nitrogens with zero attached hydrogens (tertiary/aromatic N) is 1. The highest BCUT2D eigenvalue weighted by Gasteiger charge is 2.31.